The Kier molecular flexibility index (Phi) is 4.60. The van der Waals surface area contributed by atoms with E-state index in [4.69, 9.17) is 0 Å². The zero-order valence-corrected chi connectivity index (χ0v) is 13.2. The highest BCUT2D eigenvalue weighted by Gasteiger charge is 2.35. The van der Waals surface area contributed by atoms with Crippen LogP contribution in [0.25, 0.3) is 0 Å². The highest BCUT2D eigenvalue weighted by molar-refractivity contribution is 5.22. The summed E-state index contributed by atoms with van der Waals surface area (Å²) >= 11 is 0. The molecule has 1 N–H and O–H groups in total. The van der Waals surface area contributed by atoms with E-state index in [1.807, 2.05) is 19.2 Å². The molecule has 21 heavy (non-hydrogen) atoms. The van der Waals surface area contributed by atoms with E-state index in [0.717, 1.165) is 24.1 Å². The van der Waals surface area contributed by atoms with Gasteiger partial charge in [-0.2, -0.15) is 0 Å². The molecule has 116 valence electrons. The van der Waals surface area contributed by atoms with Crippen LogP contribution < -0.4 is 5.32 Å². The van der Waals surface area contributed by atoms with Gasteiger partial charge in [-0.25, -0.2) is 4.39 Å². The average molecular weight is 290 g/mol. The molecule has 2 fully saturated rings. The molecule has 1 aromatic rings. The van der Waals surface area contributed by atoms with E-state index in [1.54, 1.807) is 12.1 Å². The molecular formula is C18H27FN2. The van der Waals surface area contributed by atoms with Gasteiger partial charge in [0, 0.05) is 30.7 Å². The van der Waals surface area contributed by atoms with Gasteiger partial charge in [-0.15, -0.1) is 0 Å². The maximum absolute atomic E-state index is 14.1. The third-order valence-corrected chi connectivity index (χ3v) is 4.90. The van der Waals surface area contributed by atoms with Crippen LogP contribution in [0.1, 0.15) is 44.2 Å². The van der Waals surface area contributed by atoms with Gasteiger partial charge in [0.05, 0.1) is 0 Å². The van der Waals surface area contributed by atoms with Crippen molar-refractivity contribution in [3.05, 3.63) is 35.6 Å². The molecule has 0 saturated heterocycles. The Labute approximate surface area is 127 Å². The van der Waals surface area contributed by atoms with Gasteiger partial charge >= 0.3 is 0 Å². The van der Waals surface area contributed by atoms with E-state index < -0.39 is 0 Å². The van der Waals surface area contributed by atoms with E-state index in [9.17, 15) is 4.39 Å². The number of rotatable bonds is 8. The summed E-state index contributed by atoms with van der Waals surface area (Å²) in [4.78, 5) is 2.66. The van der Waals surface area contributed by atoms with Gasteiger partial charge in [0.2, 0.25) is 0 Å². The van der Waals surface area contributed by atoms with Gasteiger partial charge in [-0.05, 0) is 50.6 Å². The second kappa shape index (κ2) is 6.45. The topological polar surface area (TPSA) is 15.3 Å². The maximum Gasteiger partial charge on any atom is 0.127 e. The van der Waals surface area contributed by atoms with Gasteiger partial charge in [-0.3, -0.25) is 4.90 Å². The van der Waals surface area contributed by atoms with Crippen LogP contribution in [0.3, 0.4) is 0 Å². The van der Waals surface area contributed by atoms with E-state index in [2.05, 4.69) is 17.1 Å². The zero-order chi connectivity index (χ0) is 14.8. The Hall–Kier alpha value is -0.930. The SMILES string of the molecule is CNC(c1ccccc1F)C(C)CN(CC1CC1)C1CC1. The number of nitrogens with zero attached hydrogens (tertiary/aromatic N) is 1. The summed E-state index contributed by atoms with van der Waals surface area (Å²) in [6.45, 7) is 4.57. The van der Waals surface area contributed by atoms with Crippen LogP contribution in [0.4, 0.5) is 4.39 Å². The number of halogens is 1. The summed E-state index contributed by atoms with van der Waals surface area (Å²) in [5.74, 6) is 1.24. The van der Waals surface area contributed by atoms with Crippen LogP contribution >= 0.6 is 0 Å². The smallest absolute Gasteiger partial charge is 0.127 e. The van der Waals surface area contributed by atoms with Crippen molar-refractivity contribution in [2.45, 2.75) is 44.7 Å². The Morgan fingerprint density at radius 3 is 2.52 bits per heavy atom. The summed E-state index contributed by atoms with van der Waals surface area (Å²) in [5, 5.41) is 3.33. The predicted molar refractivity (Wildman–Crippen MR) is 84.7 cm³/mol. The van der Waals surface area contributed by atoms with Gasteiger partial charge in [-0.1, -0.05) is 25.1 Å². The Morgan fingerprint density at radius 1 is 1.24 bits per heavy atom. The van der Waals surface area contributed by atoms with Crippen molar-refractivity contribution in [2.24, 2.45) is 11.8 Å². The molecule has 0 bridgehead atoms. The highest BCUT2D eigenvalue weighted by atomic mass is 19.1. The van der Waals surface area contributed by atoms with Gasteiger partial charge in [0.1, 0.15) is 5.82 Å². The summed E-state index contributed by atoms with van der Waals surface area (Å²) in [7, 11) is 1.94. The van der Waals surface area contributed by atoms with Crippen molar-refractivity contribution in [1.82, 2.24) is 10.2 Å². The number of hydrogen-bond acceptors (Lipinski definition) is 2. The zero-order valence-electron chi connectivity index (χ0n) is 13.2. The highest BCUT2D eigenvalue weighted by Crippen LogP contribution is 2.36. The molecule has 2 aliphatic rings. The summed E-state index contributed by atoms with van der Waals surface area (Å²) in [6, 6.07) is 8.06. The first-order chi connectivity index (χ1) is 10.2. The van der Waals surface area contributed by atoms with Gasteiger partial charge < -0.3 is 5.32 Å². The molecular weight excluding hydrogens is 263 g/mol. The van der Waals surface area contributed by atoms with Crippen molar-refractivity contribution in [3.63, 3.8) is 0 Å². The molecule has 2 unspecified atom stereocenters. The van der Waals surface area contributed by atoms with Crippen LogP contribution in [0.5, 0.6) is 0 Å². The summed E-state index contributed by atoms with van der Waals surface area (Å²) in [6.07, 6.45) is 5.51. The van der Waals surface area contributed by atoms with E-state index in [0.29, 0.717) is 5.92 Å². The van der Waals surface area contributed by atoms with Crippen LogP contribution in [0.15, 0.2) is 24.3 Å². The van der Waals surface area contributed by atoms with Crippen LogP contribution in [0.2, 0.25) is 0 Å². The lowest BCUT2D eigenvalue weighted by atomic mass is 9.93. The van der Waals surface area contributed by atoms with Crippen LogP contribution in [0, 0.1) is 17.7 Å². The average Bonchev–Trinajstić information content (AvgIpc) is 3.35. The molecule has 3 heteroatoms. The fraction of sp³-hybridized carbons (Fsp3) is 0.667. The Morgan fingerprint density at radius 2 is 1.95 bits per heavy atom. The summed E-state index contributed by atoms with van der Waals surface area (Å²) in [5.41, 5.74) is 0.801. The Balaban J connectivity index is 1.66. The molecule has 2 nitrogen and oxygen atoms in total. The monoisotopic (exact) mass is 290 g/mol. The minimum Gasteiger partial charge on any atom is -0.313 e. The van der Waals surface area contributed by atoms with E-state index in [-0.39, 0.29) is 11.9 Å². The summed E-state index contributed by atoms with van der Waals surface area (Å²) < 4.78 is 14.1. The number of hydrogen-bond donors (Lipinski definition) is 1. The minimum absolute atomic E-state index is 0.0895. The molecule has 1 aromatic carbocycles. The fourth-order valence-corrected chi connectivity index (χ4v) is 3.39. The van der Waals surface area contributed by atoms with Crippen molar-refractivity contribution < 1.29 is 4.39 Å². The molecule has 2 atom stereocenters. The standard InChI is InChI=1S/C18H27FN2/c1-13(11-21(15-9-10-15)12-14-7-8-14)18(20-2)16-5-3-4-6-17(16)19/h3-6,13-15,18,20H,7-12H2,1-2H3. The molecule has 0 radical (unpaired) electrons. The second-order valence-electron chi connectivity index (χ2n) is 6.89. The van der Waals surface area contributed by atoms with E-state index >= 15 is 0 Å². The minimum atomic E-state index is -0.0936. The van der Waals surface area contributed by atoms with Crippen molar-refractivity contribution >= 4 is 0 Å². The van der Waals surface area contributed by atoms with Crippen LogP contribution in [-0.2, 0) is 0 Å². The van der Waals surface area contributed by atoms with E-state index in [1.165, 1.54) is 32.2 Å². The molecule has 2 saturated carbocycles. The molecule has 0 aliphatic heterocycles. The lowest BCUT2D eigenvalue weighted by molar-refractivity contribution is 0.196. The lowest BCUT2D eigenvalue weighted by Crippen LogP contribution is -2.37. The number of nitrogens with one attached hydrogen (secondary N) is 1. The quantitative estimate of drug-likeness (QED) is 0.787. The molecule has 3 rings (SSSR count). The first-order valence-electron chi connectivity index (χ1n) is 8.34. The Bertz CT molecular complexity index is 468. The third kappa shape index (κ3) is 3.83. The maximum atomic E-state index is 14.1. The van der Waals surface area contributed by atoms with Crippen LogP contribution in [-0.4, -0.2) is 31.1 Å². The van der Waals surface area contributed by atoms with Crippen molar-refractivity contribution in [1.29, 1.82) is 0 Å². The first kappa shape index (κ1) is 15.0. The lowest BCUT2D eigenvalue weighted by Gasteiger charge is -2.31. The molecule has 0 aromatic heterocycles. The third-order valence-electron chi connectivity index (χ3n) is 4.90. The fourth-order valence-electron chi connectivity index (χ4n) is 3.39. The van der Waals surface area contributed by atoms with Crippen molar-refractivity contribution in [3.8, 4) is 0 Å². The molecule has 0 spiro atoms. The van der Waals surface area contributed by atoms with Gasteiger partial charge in [0.15, 0.2) is 0 Å². The molecule has 0 amide bonds. The largest absolute Gasteiger partial charge is 0.313 e. The normalized spacial score (nSPS) is 21.5. The first-order valence-corrected chi connectivity index (χ1v) is 8.34. The predicted octanol–water partition coefficient (Wildman–Crippen LogP) is 3.60. The second-order valence-corrected chi connectivity index (χ2v) is 6.89. The van der Waals surface area contributed by atoms with Gasteiger partial charge in [0.25, 0.3) is 0 Å². The molecule has 2 aliphatic carbocycles. The molecule has 0 heterocycles. The number of benzene rings is 1. The van der Waals surface area contributed by atoms with Crippen molar-refractivity contribution in [2.75, 3.05) is 20.1 Å².